The molecule has 0 aliphatic carbocycles. The predicted octanol–water partition coefficient (Wildman–Crippen LogP) is 1.82. The minimum Gasteiger partial charge on any atom is -0.497 e. The number of hydrogen-bond donors (Lipinski definition) is 4. The summed E-state index contributed by atoms with van der Waals surface area (Å²) in [6, 6.07) is 8.82. The number of carbonyl (C=O) groups excluding carboxylic acids is 1. The molecule has 0 unspecified atom stereocenters. The third-order valence-electron chi connectivity index (χ3n) is 4.99. The van der Waals surface area contributed by atoms with E-state index in [1.54, 1.807) is 13.2 Å². The maximum absolute atomic E-state index is 13.7. The first kappa shape index (κ1) is 27.0. The van der Waals surface area contributed by atoms with Gasteiger partial charge in [-0.05, 0) is 41.8 Å². The topological polar surface area (TPSA) is 143 Å². The highest BCUT2D eigenvalue weighted by atomic mass is 32.2. The van der Waals surface area contributed by atoms with Crippen molar-refractivity contribution in [3.63, 3.8) is 0 Å². The van der Waals surface area contributed by atoms with Crippen molar-refractivity contribution in [2.45, 2.75) is 25.1 Å². The van der Waals surface area contributed by atoms with Crippen LogP contribution in [0.25, 0.3) is 0 Å². The number of carbonyl (C=O) groups is 1. The van der Waals surface area contributed by atoms with E-state index in [-0.39, 0.29) is 24.2 Å². The average molecular weight is 525 g/mol. The van der Waals surface area contributed by atoms with E-state index >= 15 is 0 Å². The first-order valence-electron chi connectivity index (χ1n) is 10.7. The third kappa shape index (κ3) is 8.29. The lowest BCUT2D eigenvalue weighted by molar-refractivity contribution is 0.0825. The summed E-state index contributed by atoms with van der Waals surface area (Å²) in [5, 5.41) is 16.5. The van der Waals surface area contributed by atoms with Crippen LogP contribution < -0.4 is 20.1 Å². The van der Waals surface area contributed by atoms with Gasteiger partial charge in [-0.3, -0.25) is 4.79 Å². The molecule has 0 aliphatic heterocycles. The van der Waals surface area contributed by atoms with Crippen molar-refractivity contribution in [3.8, 4) is 5.75 Å². The first-order valence-corrected chi connectivity index (χ1v) is 12.6. The fraction of sp³-hybridized carbons (Fsp3) is 0.304. The number of halogens is 2. The van der Waals surface area contributed by atoms with Crippen LogP contribution in [0, 0.1) is 11.6 Å². The smallest absolute Gasteiger partial charge is 0.309 e. The summed E-state index contributed by atoms with van der Waals surface area (Å²) in [7, 11) is -2.13. The Kier molecular flexibility index (Phi) is 8.96. The second-order valence-corrected chi connectivity index (χ2v) is 9.77. The fourth-order valence-electron chi connectivity index (χ4n) is 3.38. The van der Waals surface area contributed by atoms with Gasteiger partial charge in [0.05, 0.1) is 25.5 Å². The lowest BCUT2D eigenvalue weighted by atomic mass is 10.0. The Balaban J connectivity index is 1.71. The summed E-state index contributed by atoms with van der Waals surface area (Å²) < 4.78 is 62.2. The van der Waals surface area contributed by atoms with Crippen LogP contribution in [-0.2, 0) is 23.0 Å². The van der Waals surface area contributed by atoms with E-state index in [4.69, 9.17) is 9.15 Å². The fourth-order valence-corrected chi connectivity index (χ4v) is 3.79. The van der Waals surface area contributed by atoms with Gasteiger partial charge in [0.15, 0.2) is 5.69 Å². The van der Waals surface area contributed by atoms with Gasteiger partial charge in [0.1, 0.15) is 23.6 Å². The first-order chi connectivity index (χ1) is 17.0. The lowest BCUT2D eigenvalue weighted by Crippen LogP contribution is -2.48. The number of aromatic nitrogens is 1. The Morgan fingerprint density at radius 1 is 1.17 bits per heavy atom. The van der Waals surface area contributed by atoms with Crippen molar-refractivity contribution in [2.24, 2.45) is 0 Å². The molecule has 2 atom stereocenters. The van der Waals surface area contributed by atoms with Crippen LogP contribution in [-0.4, -0.2) is 56.5 Å². The van der Waals surface area contributed by atoms with Crippen LogP contribution in [0.15, 0.2) is 53.1 Å². The van der Waals surface area contributed by atoms with Gasteiger partial charge in [-0.25, -0.2) is 21.9 Å². The Morgan fingerprint density at radius 3 is 2.56 bits per heavy atom. The van der Waals surface area contributed by atoms with E-state index in [0.29, 0.717) is 12.3 Å². The molecule has 10 nitrogen and oxygen atoms in total. The van der Waals surface area contributed by atoms with Crippen LogP contribution in [0.5, 0.6) is 5.75 Å². The van der Waals surface area contributed by atoms with E-state index in [1.165, 1.54) is 0 Å². The number of hydrogen-bond acceptors (Lipinski definition) is 8. The van der Waals surface area contributed by atoms with Crippen molar-refractivity contribution in [2.75, 3.05) is 24.6 Å². The molecule has 4 N–H and O–H groups in total. The van der Waals surface area contributed by atoms with Crippen LogP contribution >= 0.6 is 0 Å². The number of rotatable bonds is 12. The minimum atomic E-state index is -3.68. The highest BCUT2D eigenvalue weighted by Gasteiger charge is 2.25. The van der Waals surface area contributed by atoms with Gasteiger partial charge in [0.25, 0.3) is 5.91 Å². The number of anilines is 1. The zero-order chi connectivity index (χ0) is 26.3. The highest BCUT2D eigenvalue weighted by molar-refractivity contribution is 7.91. The van der Waals surface area contributed by atoms with Gasteiger partial charge in [-0.2, -0.15) is 4.98 Å². The van der Waals surface area contributed by atoms with Gasteiger partial charge in [-0.1, -0.05) is 12.1 Å². The Bertz CT molecular complexity index is 1280. The van der Waals surface area contributed by atoms with Crippen molar-refractivity contribution in [1.82, 2.24) is 15.6 Å². The molecule has 36 heavy (non-hydrogen) atoms. The monoisotopic (exact) mass is 524 g/mol. The lowest BCUT2D eigenvalue weighted by Gasteiger charge is -2.24. The maximum Gasteiger partial charge on any atom is 0.309 e. The summed E-state index contributed by atoms with van der Waals surface area (Å²) in [6.07, 6.45) is 0.551. The zero-order valence-electron chi connectivity index (χ0n) is 19.5. The number of aliphatic hydroxyl groups excluding tert-OH is 1. The molecule has 0 saturated heterocycles. The molecule has 1 aromatic heterocycles. The van der Waals surface area contributed by atoms with Crippen LogP contribution in [0.4, 0.5) is 14.8 Å². The summed E-state index contributed by atoms with van der Waals surface area (Å²) in [6.45, 7) is 0.410. The molecule has 0 fully saturated rings. The number of aliphatic hydroxyl groups is 1. The number of ether oxygens (including phenoxy) is 1. The molecule has 2 aromatic carbocycles. The Morgan fingerprint density at radius 2 is 1.89 bits per heavy atom. The summed E-state index contributed by atoms with van der Waals surface area (Å²) in [4.78, 5) is 16.5. The third-order valence-corrected chi connectivity index (χ3v) is 5.53. The minimum absolute atomic E-state index is 0.0274. The maximum atomic E-state index is 13.7. The number of amides is 1. The molecule has 0 spiro atoms. The Hall–Kier alpha value is -3.55. The number of oxazole rings is 1. The van der Waals surface area contributed by atoms with Crippen LogP contribution in [0.1, 0.15) is 21.6 Å². The van der Waals surface area contributed by atoms with E-state index < -0.39 is 45.7 Å². The molecule has 13 heteroatoms. The molecule has 0 radical (unpaired) electrons. The molecular formula is C23H26F2N4O6S. The number of methoxy groups -OCH3 is 1. The van der Waals surface area contributed by atoms with Crippen molar-refractivity contribution in [1.29, 1.82) is 0 Å². The molecule has 1 heterocycles. The summed E-state index contributed by atoms with van der Waals surface area (Å²) in [5.41, 5.74) is 0.847. The van der Waals surface area contributed by atoms with Crippen molar-refractivity contribution in [3.05, 3.63) is 77.2 Å². The molecular weight excluding hydrogens is 498 g/mol. The summed E-state index contributed by atoms with van der Waals surface area (Å²) in [5.74, 6) is -1.71. The van der Waals surface area contributed by atoms with Gasteiger partial charge in [0.2, 0.25) is 10.0 Å². The van der Waals surface area contributed by atoms with Gasteiger partial charge in [0, 0.05) is 19.2 Å². The van der Waals surface area contributed by atoms with Gasteiger partial charge >= 0.3 is 6.01 Å². The SMILES string of the molecule is COc1cccc(CNC[C@@H](O)[C@H](Cc2cc(F)cc(F)c2)NC(=O)c2coc(NS(C)(=O)=O)n2)c1. The molecule has 194 valence electrons. The molecule has 0 saturated carbocycles. The van der Waals surface area contributed by atoms with Gasteiger partial charge in [-0.15, -0.1) is 0 Å². The second-order valence-electron chi connectivity index (χ2n) is 8.02. The molecule has 0 aliphatic rings. The van der Waals surface area contributed by atoms with Crippen molar-refractivity contribution >= 4 is 21.9 Å². The standard InChI is InChI=1S/C23H26F2N4O6S/c1-34-18-5-3-4-14(8-18)11-26-12-21(30)19(9-15-6-16(24)10-17(25)7-15)27-22(31)20-13-35-23(28-20)29-36(2,32)33/h3-8,10,13,19,21,26,30H,9,11-12H2,1-2H3,(H,27,31)(H,28,29)/t19-,21+/m0/s1. The highest BCUT2D eigenvalue weighted by Crippen LogP contribution is 2.15. The number of sulfonamides is 1. The molecule has 3 aromatic rings. The molecule has 0 bridgehead atoms. The zero-order valence-corrected chi connectivity index (χ0v) is 20.3. The largest absolute Gasteiger partial charge is 0.497 e. The number of benzene rings is 2. The van der Waals surface area contributed by atoms with Crippen LogP contribution in [0.2, 0.25) is 0 Å². The summed E-state index contributed by atoms with van der Waals surface area (Å²) >= 11 is 0. The van der Waals surface area contributed by atoms with E-state index in [9.17, 15) is 27.1 Å². The quantitative estimate of drug-likeness (QED) is 0.281. The normalized spacial score (nSPS) is 13.1. The van der Waals surface area contributed by atoms with E-state index in [2.05, 4.69) is 15.6 Å². The molecule has 3 rings (SSSR count). The number of nitrogens with zero attached hydrogens (tertiary/aromatic N) is 1. The number of nitrogens with one attached hydrogen (secondary N) is 3. The molecule has 1 amide bonds. The van der Waals surface area contributed by atoms with Crippen molar-refractivity contribution < 1.29 is 36.3 Å². The second kappa shape index (κ2) is 11.9. The Labute approximate surface area is 206 Å². The van der Waals surface area contributed by atoms with Gasteiger partial charge < -0.3 is 24.9 Å². The predicted molar refractivity (Wildman–Crippen MR) is 127 cm³/mol. The van der Waals surface area contributed by atoms with E-state index in [1.807, 2.05) is 22.9 Å². The average Bonchev–Trinajstić information content (AvgIpc) is 3.25. The van der Waals surface area contributed by atoms with Crippen LogP contribution in [0.3, 0.4) is 0 Å². The van der Waals surface area contributed by atoms with E-state index in [0.717, 1.165) is 36.3 Å².